The molecule has 0 aliphatic carbocycles. The van der Waals surface area contributed by atoms with Crippen LogP contribution in [0, 0.1) is 0 Å². The molecule has 4 amide bonds. The summed E-state index contributed by atoms with van der Waals surface area (Å²) in [6.07, 6.45) is -0.153. The molecule has 0 bridgehead atoms. The Bertz CT molecular complexity index is 1080. The quantitative estimate of drug-likeness (QED) is 0.272. The Morgan fingerprint density at radius 3 is 2.09 bits per heavy atom. The molecule has 0 aliphatic rings. The lowest BCUT2D eigenvalue weighted by Crippen LogP contribution is -2.33. The molecule has 4 N–H and O–H groups in total. The van der Waals surface area contributed by atoms with Crippen molar-refractivity contribution in [1.29, 1.82) is 0 Å². The Balaban J connectivity index is 1.94. The lowest BCUT2D eigenvalue weighted by molar-refractivity contribution is -0.136. The number of ether oxygens (including phenoxy) is 2. The molecular weight excluding hydrogens is 430 g/mol. The van der Waals surface area contributed by atoms with Crippen molar-refractivity contribution in [3.63, 3.8) is 0 Å². The van der Waals surface area contributed by atoms with E-state index in [0.29, 0.717) is 22.9 Å². The van der Waals surface area contributed by atoms with Crippen LogP contribution in [0.3, 0.4) is 0 Å². The predicted molar refractivity (Wildman–Crippen MR) is 123 cm³/mol. The molecular formula is C22H25N5O6. The van der Waals surface area contributed by atoms with E-state index >= 15 is 0 Å². The van der Waals surface area contributed by atoms with Crippen molar-refractivity contribution >= 4 is 46.4 Å². The minimum Gasteiger partial charge on any atom is -0.497 e. The zero-order chi connectivity index (χ0) is 24.4. The zero-order valence-corrected chi connectivity index (χ0v) is 18.6. The smallest absolute Gasteiger partial charge is 0.329 e. The van der Waals surface area contributed by atoms with Crippen molar-refractivity contribution in [3.8, 4) is 11.5 Å². The van der Waals surface area contributed by atoms with Crippen molar-refractivity contribution in [2.75, 3.05) is 30.2 Å². The maximum atomic E-state index is 12.3. The van der Waals surface area contributed by atoms with Crippen LogP contribution in [-0.4, -0.2) is 43.6 Å². The van der Waals surface area contributed by atoms with Gasteiger partial charge < -0.3 is 25.4 Å². The number of methoxy groups -OCH3 is 2. The van der Waals surface area contributed by atoms with E-state index in [-0.39, 0.29) is 23.7 Å². The van der Waals surface area contributed by atoms with E-state index in [2.05, 4.69) is 26.5 Å². The Hall–Kier alpha value is -4.41. The minimum atomic E-state index is -1.03. The first-order valence-corrected chi connectivity index (χ1v) is 9.76. The summed E-state index contributed by atoms with van der Waals surface area (Å²) in [5, 5.41) is 11.5. The number of nitrogens with zero attached hydrogens (tertiary/aromatic N) is 1. The second-order valence-corrected chi connectivity index (χ2v) is 6.76. The summed E-state index contributed by atoms with van der Waals surface area (Å²) in [5.74, 6) is -1.90. The maximum absolute atomic E-state index is 12.3. The van der Waals surface area contributed by atoms with Crippen LogP contribution in [0.25, 0.3) is 0 Å². The van der Waals surface area contributed by atoms with Gasteiger partial charge in [-0.2, -0.15) is 5.10 Å². The van der Waals surface area contributed by atoms with Crippen molar-refractivity contribution in [2.45, 2.75) is 20.3 Å². The van der Waals surface area contributed by atoms with Crippen molar-refractivity contribution in [3.05, 3.63) is 42.5 Å². The van der Waals surface area contributed by atoms with E-state index < -0.39 is 17.7 Å². The molecule has 2 aromatic carbocycles. The topological polar surface area (TPSA) is 147 Å². The van der Waals surface area contributed by atoms with Crippen molar-refractivity contribution in [2.24, 2.45) is 5.10 Å². The fourth-order valence-corrected chi connectivity index (χ4v) is 2.64. The number of carbonyl (C=O) groups is 4. The molecule has 0 radical (unpaired) electrons. The summed E-state index contributed by atoms with van der Waals surface area (Å²) in [6.45, 7) is 2.88. The van der Waals surface area contributed by atoms with Gasteiger partial charge in [0, 0.05) is 18.7 Å². The Kier molecular flexibility index (Phi) is 8.92. The number of hydrogen-bond donors (Lipinski definition) is 4. The van der Waals surface area contributed by atoms with Crippen LogP contribution in [0.15, 0.2) is 47.6 Å². The highest BCUT2D eigenvalue weighted by atomic mass is 16.5. The third-order valence-corrected chi connectivity index (χ3v) is 4.14. The number of benzene rings is 2. The second kappa shape index (κ2) is 11.8. The molecule has 0 fully saturated rings. The molecule has 0 aromatic heterocycles. The van der Waals surface area contributed by atoms with Gasteiger partial charge in [-0.3, -0.25) is 19.2 Å². The lowest BCUT2D eigenvalue weighted by atomic mass is 10.2. The number of anilines is 3. The SMILES string of the molecule is COc1ccc(OC)c(NC(=O)C(=O)N/N=C(/C)CC(=O)Nc2ccccc2NC(C)=O)c1. The molecule has 174 valence electrons. The van der Waals surface area contributed by atoms with E-state index in [9.17, 15) is 19.2 Å². The molecule has 2 rings (SSSR count). The van der Waals surface area contributed by atoms with Crippen LogP contribution < -0.4 is 30.8 Å². The molecule has 11 heteroatoms. The number of nitrogens with one attached hydrogen (secondary N) is 4. The van der Waals surface area contributed by atoms with E-state index in [1.165, 1.54) is 34.1 Å². The largest absolute Gasteiger partial charge is 0.497 e. The summed E-state index contributed by atoms with van der Waals surface area (Å²) < 4.78 is 10.2. The van der Waals surface area contributed by atoms with Crippen molar-refractivity contribution < 1.29 is 28.7 Å². The molecule has 33 heavy (non-hydrogen) atoms. The normalized spacial score (nSPS) is 10.6. The van der Waals surface area contributed by atoms with Crippen LogP contribution in [0.1, 0.15) is 20.3 Å². The van der Waals surface area contributed by atoms with Gasteiger partial charge in [0.05, 0.1) is 37.7 Å². The highest BCUT2D eigenvalue weighted by molar-refractivity contribution is 6.39. The summed E-state index contributed by atoms with van der Waals surface area (Å²) in [6, 6.07) is 11.4. The number of para-hydroxylation sites is 2. The average Bonchev–Trinajstić information content (AvgIpc) is 2.78. The summed E-state index contributed by atoms with van der Waals surface area (Å²) >= 11 is 0. The van der Waals surface area contributed by atoms with E-state index in [1.54, 1.807) is 36.4 Å². The maximum Gasteiger partial charge on any atom is 0.329 e. The third-order valence-electron chi connectivity index (χ3n) is 4.14. The fraction of sp³-hybridized carbons (Fsp3) is 0.227. The van der Waals surface area contributed by atoms with Gasteiger partial charge in [0.25, 0.3) is 0 Å². The van der Waals surface area contributed by atoms with Crippen LogP contribution in [0.5, 0.6) is 11.5 Å². The Morgan fingerprint density at radius 2 is 1.48 bits per heavy atom. The van der Waals surface area contributed by atoms with E-state index in [0.717, 1.165) is 0 Å². The first-order chi connectivity index (χ1) is 15.7. The summed E-state index contributed by atoms with van der Waals surface area (Å²) in [4.78, 5) is 47.8. The Labute approximate surface area is 190 Å². The van der Waals surface area contributed by atoms with Crippen LogP contribution in [0.2, 0.25) is 0 Å². The Morgan fingerprint density at radius 1 is 0.818 bits per heavy atom. The van der Waals surface area contributed by atoms with Gasteiger partial charge in [0.2, 0.25) is 11.8 Å². The van der Waals surface area contributed by atoms with E-state index in [4.69, 9.17) is 9.47 Å². The first-order valence-electron chi connectivity index (χ1n) is 9.76. The molecule has 0 spiro atoms. The van der Waals surface area contributed by atoms with Crippen LogP contribution in [-0.2, 0) is 19.2 Å². The van der Waals surface area contributed by atoms with Crippen molar-refractivity contribution in [1.82, 2.24) is 5.43 Å². The molecule has 0 saturated carbocycles. The minimum absolute atomic E-state index is 0.153. The first kappa shape index (κ1) is 24.9. The highest BCUT2D eigenvalue weighted by Gasteiger charge is 2.17. The van der Waals surface area contributed by atoms with Gasteiger partial charge in [-0.05, 0) is 31.2 Å². The van der Waals surface area contributed by atoms with Gasteiger partial charge >= 0.3 is 11.8 Å². The third kappa shape index (κ3) is 7.65. The highest BCUT2D eigenvalue weighted by Crippen LogP contribution is 2.28. The molecule has 11 nitrogen and oxygen atoms in total. The van der Waals surface area contributed by atoms with Gasteiger partial charge in [-0.15, -0.1) is 0 Å². The predicted octanol–water partition coefficient (Wildman–Crippen LogP) is 2.12. The van der Waals surface area contributed by atoms with Crippen LogP contribution in [0.4, 0.5) is 17.1 Å². The zero-order valence-electron chi connectivity index (χ0n) is 18.6. The van der Waals surface area contributed by atoms with Crippen LogP contribution >= 0.6 is 0 Å². The number of hydrogen-bond acceptors (Lipinski definition) is 7. The molecule has 0 unspecified atom stereocenters. The van der Waals surface area contributed by atoms with Gasteiger partial charge in [-0.1, -0.05) is 12.1 Å². The number of hydrazone groups is 1. The summed E-state index contributed by atoms with van der Waals surface area (Å²) in [5.41, 5.74) is 3.47. The van der Waals surface area contributed by atoms with Gasteiger partial charge in [-0.25, -0.2) is 5.43 Å². The fourth-order valence-electron chi connectivity index (χ4n) is 2.64. The molecule has 0 heterocycles. The number of amides is 4. The molecule has 0 atom stereocenters. The molecule has 0 aliphatic heterocycles. The average molecular weight is 455 g/mol. The number of carbonyl (C=O) groups excluding carboxylic acids is 4. The van der Waals surface area contributed by atoms with Gasteiger partial charge in [0.15, 0.2) is 0 Å². The molecule has 0 saturated heterocycles. The second-order valence-electron chi connectivity index (χ2n) is 6.76. The molecule has 2 aromatic rings. The standard InChI is InChI=1S/C22H25N5O6/c1-13(11-20(29)24-17-8-6-5-7-16(17)23-14(2)28)26-27-22(31)21(30)25-18-12-15(32-3)9-10-19(18)33-4/h5-10,12H,11H2,1-4H3,(H,23,28)(H,24,29)(H,25,30)(H,27,31)/b26-13-. The lowest BCUT2D eigenvalue weighted by Gasteiger charge is -2.11. The van der Waals surface area contributed by atoms with Gasteiger partial charge in [0.1, 0.15) is 11.5 Å². The monoisotopic (exact) mass is 455 g/mol. The number of rotatable bonds is 8. The summed E-state index contributed by atoms with van der Waals surface area (Å²) in [7, 11) is 2.89. The van der Waals surface area contributed by atoms with E-state index in [1.807, 2.05) is 0 Å².